The van der Waals surface area contributed by atoms with E-state index in [0.717, 1.165) is 0 Å². The Labute approximate surface area is 169 Å². The van der Waals surface area contributed by atoms with Gasteiger partial charge in [-0.1, -0.05) is 11.2 Å². The van der Waals surface area contributed by atoms with Gasteiger partial charge in [0.05, 0.1) is 7.11 Å². The van der Waals surface area contributed by atoms with Crippen molar-refractivity contribution in [3.05, 3.63) is 59.7 Å². The maximum atomic E-state index is 13.0. The van der Waals surface area contributed by atoms with Crippen LogP contribution in [-0.4, -0.2) is 29.8 Å². The number of methoxy groups -OCH3 is 1. The molecule has 3 aromatic rings. The average Bonchev–Trinajstić information content (AvgIpc) is 3.20. The molecule has 30 heavy (non-hydrogen) atoms. The van der Waals surface area contributed by atoms with E-state index in [9.17, 15) is 18.0 Å². The lowest BCUT2D eigenvalue weighted by atomic mass is 10.2. The number of benzene rings is 2. The van der Waals surface area contributed by atoms with Crippen molar-refractivity contribution in [1.29, 1.82) is 0 Å². The lowest BCUT2D eigenvalue weighted by Crippen LogP contribution is -2.23. The molecule has 0 aliphatic rings. The zero-order valence-corrected chi connectivity index (χ0v) is 15.9. The molecule has 0 unspecified atom stereocenters. The topological polar surface area (TPSA) is 86.5 Å². The van der Waals surface area contributed by atoms with Crippen molar-refractivity contribution in [1.82, 2.24) is 15.5 Å². The number of aromatic nitrogens is 2. The predicted molar refractivity (Wildman–Crippen MR) is 99.5 cm³/mol. The molecule has 158 valence electrons. The molecule has 0 aliphatic carbocycles. The van der Waals surface area contributed by atoms with Crippen LogP contribution >= 0.6 is 0 Å². The van der Waals surface area contributed by atoms with E-state index >= 15 is 0 Å². The molecule has 1 aromatic heterocycles. The Bertz CT molecular complexity index is 993. The summed E-state index contributed by atoms with van der Waals surface area (Å²) in [6.07, 6.45) is 0.296. The lowest BCUT2D eigenvalue weighted by molar-refractivity contribution is -0.121. The van der Waals surface area contributed by atoms with Crippen LogP contribution in [0.15, 0.2) is 47.0 Å². The van der Waals surface area contributed by atoms with Crippen LogP contribution in [0.2, 0.25) is 0 Å². The van der Waals surface area contributed by atoms with Gasteiger partial charge in [-0.25, -0.2) is 4.39 Å². The standard InChI is InChI=1S/C20H18F3N3O4/c1-28-15-7-2-12(10-16(15)29-20(22)23)11-24-17(27)8-9-18-25-19(26-30-18)13-3-5-14(21)6-4-13/h2-7,10,20H,8-9,11H2,1H3,(H,24,27). The Balaban J connectivity index is 1.51. The van der Waals surface area contributed by atoms with Gasteiger partial charge in [0.15, 0.2) is 11.5 Å². The number of rotatable bonds is 9. The van der Waals surface area contributed by atoms with Gasteiger partial charge in [-0.2, -0.15) is 13.8 Å². The molecule has 0 spiro atoms. The summed E-state index contributed by atoms with van der Waals surface area (Å²) in [5.41, 5.74) is 1.16. The van der Waals surface area contributed by atoms with Crippen LogP contribution in [-0.2, 0) is 17.8 Å². The first kappa shape index (κ1) is 21.2. The van der Waals surface area contributed by atoms with Gasteiger partial charge in [0.1, 0.15) is 5.82 Å². The number of nitrogens with one attached hydrogen (secondary N) is 1. The highest BCUT2D eigenvalue weighted by Crippen LogP contribution is 2.29. The van der Waals surface area contributed by atoms with E-state index in [1.165, 1.54) is 43.5 Å². The van der Waals surface area contributed by atoms with Crippen LogP contribution in [0.4, 0.5) is 13.2 Å². The van der Waals surface area contributed by atoms with E-state index in [2.05, 4.69) is 20.2 Å². The Morgan fingerprint density at radius 1 is 1.17 bits per heavy atom. The van der Waals surface area contributed by atoms with E-state index in [1.54, 1.807) is 6.07 Å². The summed E-state index contributed by atoms with van der Waals surface area (Å²) in [7, 11) is 1.34. The second kappa shape index (κ2) is 9.77. The summed E-state index contributed by atoms with van der Waals surface area (Å²) in [6, 6.07) is 10.1. The Hall–Kier alpha value is -3.56. The van der Waals surface area contributed by atoms with Crippen LogP contribution in [0.5, 0.6) is 11.5 Å². The van der Waals surface area contributed by atoms with Crippen LogP contribution in [0.25, 0.3) is 11.4 Å². The van der Waals surface area contributed by atoms with Gasteiger partial charge < -0.3 is 19.3 Å². The number of nitrogens with zero attached hydrogens (tertiary/aromatic N) is 2. The van der Waals surface area contributed by atoms with Crippen LogP contribution in [0, 0.1) is 5.82 Å². The summed E-state index contributed by atoms with van der Waals surface area (Å²) in [4.78, 5) is 16.2. The Kier molecular flexibility index (Phi) is 6.89. The molecule has 10 heteroatoms. The minimum absolute atomic E-state index is 0.0849. The van der Waals surface area contributed by atoms with Gasteiger partial charge in [0.2, 0.25) is 17.6 Å². The number of carbonyl (C=O) groups excluding carboxylic acids is 1. The third kappa shape index (κ3) is 5.72. The second-order valence-electron chi connectivity index (χ2n) is 6.16. The van der Waals surface area contributed by atoms with E-state index < -0.39 is 6.61 Å². The van der Waals surface area contributed by atoms with E-state index in [4.69, 9.17) is 9.26 Å². The smallest absolute Gasteiger partial charge is 0.387 e. The number of halogens is 3. The Morgan fingerprint density at radius 3 is 2.63 bits per heavy atom. The number of carbonyl (C=O) groups is 1. The minimum Gasteiger partial charge on any atom is -0.493 e. The van der Waals surface area contributed by atoms with E-state index in [-0.39, 0.29) is 48.5 Å². The molecule has 0 aliphatic heterocycles. The van der Waals surface area contributed by atoms with Crippen molar-refractivity contribution in [2.75, 3.05) is 7.11 Å². The number of hydrogen-bond acceptors (Lipinski definition) is 6. The minimum atomic E-state index is -2.99. The summed E-state index contributed by atoms with van der Waals surface area (Å²) < 4.78 is 52.4. The third-order valence-electron chi connectivity index (χ3n) is 4.07. The fourth-order valence-electron chi connectivity index (χ4n) is 2.60. The molecule has 2 aromatic carbocycles. The quantitative estimate of drug-likeness (QED) is 0.567. The first-order valence-corrected chi connectivity index (χ1v) is 8.91. The van der Waals surface area contributed by atoms with Gasteiger partial charge >= 0.3 is 6.61 Å². The molecular formula is C20H18F3N3O4. The maximum Gasteiger partial charge on any atom is 0.387 e. The normalized spacial score (nSPS) is 10.8. The number of aryl methyl sites for hydroxylation is 1. The van der Waals surface area contributed by atoms with Crippen LogP contribution in [0.1, 0.15) is 17.9 Å². The number of alkyl halides is 2. The van der Waals surface area contributed by atoms with Crippen molar-refractivity contribution in [2.45, 2.75) is 26.0 Å². The van der Waals surface area contributed by atoms with Crippen molar-refractivity contribution in [3.8, 4) is 22.9 Å². The molecule has 0 saturated heterocycles. The summed E-state index contributed by atoms with van der Waals surface area (Å²) in [5, 5.41) is 6.49. The molecule has 7 nitrogen and oxygen atoms in total. The zero-order chi connectivity index (χ0) is 21.5. The molecule has 3 rings (SSSR count). The van der Waals surface area contributed by atoms with Crippen molar-refractivity contribution >= 4 is 5.91 Å². The van der Waals surface area contributed by atoms with Crippen molar-refractivity contribution in [2.24, 2.45) is 0 Å². The fourth-order valence-corrected chi connectivity index (χ4v) is 2.60. The molecule has 1 amide bonds. The van der Waals surface area contributed by atoms with E-state index in [1.807, 2.05) is 0 Å². The first-order chi connectivity index (χ1) is 14.4. The SMILES string of the molecule is COc1ccc(CNC(=O)CCc2nc(-c3ccc(F)cc3)no2)cc1OC(F)F. The highest BCUT2D eigenvalue weighted by Gasteiger charge is 2.13. The zero-order valence-electron chi connectivity index (χ0n) is 15.9. The average molecular weight is 421 g/mol. The highest BCUT2D eigenvalue weighted by atomic mass is 19.3. The van der Waals surface area contributed by atoms with Gasteiger partial charge in [-0.05, 0) is 42.0 Å². The monoisotopic (exact) mass is 421 g/mol. The molecule has 0 saturated carbocycles. The predicted octanol–water partition coefficient (Wildman–Crippen LogP) is 3.73. The largest absolute Gasteiger partial charge is 0.493 e. The van der Waals surface area contributed by atoms with Crippen molar-refractivity contribution in [3.63, 3.8) is 0 Å². The van der Waals surface area contributed by atoms with Gasteiger partial charge in [0.25, 0.3) is 0 Å². The molecule has 0 radical (unpaired) electrons. The second-order valence-corrected chi connectivity index (χ2v) is 6.16. The summed E-state index contributed by atoms with van der Waals surface area (Å²) in [5.74, 6) is -0.0403. The molecule has 1 heterocycles. The van der Waals surface area contributed by atoms with E-state index in [0.29, 0.717) is 17.0 Å². The molecular weight excluding hydrogens is 403 g/mol. The number of hydrogen-bond donors (Lipinski definition) is 1. The maximum absolute atomic E-state index is 13.0. The van der Waals surface area contributed by atoms with Gasteiger partial charge in [-0.15, -0.1) is 0 Å². The fraction of sp³-hybridized carbons (Fsp3) is 0.250. The van der Waals surface area contributed by atoms with Crippen molar-refractivity contribution < 1.29 is 32.0 Å². The molecule has 1 N–H and O–H groups in total. The first-order valence-electron chi connectivity index (χ1n) is 8.91. The molecule has 0 fully saturated rings. The number of ether oxygens (including phenoxy) is 2. The molecule has 0 atom stereocenters. The van der Waals surface area contributed by atoms with Gasteiger partial charge in [0, 0.05) is 24.9 Å². The Morgan fingerprint density at radius 2 is 1.93 bits per heavy atom. The summed E-state index contributed by atoms with van der Waals surface area (Å²) in [6.45, 7) is -2.87. The lowest BCUT2D eigenvalue weighted by Gasteiger charge is -2.12. The number of amides is 1. The third-order valence-corrected chi connectivity index (χ3v) is 4.07. The highest BCUT2D eigenvalue weighted by molar-refractivity contribution is 5.76. The van der Waals surface area contributed by atoms with Crippen LogP contribution < -0.4 is 14.8 Å². The molecule has 0 bridgehead atoms. The summed E-state index contributed by atoms with van der Waals surface area (Å²) >= 11 is 0. The van der Waals surface area contributed by atoms with Crippen LogP contribution in [0.3, 0.4) is 0 Å². The van der Waals surface area contributed by atoms with Gasteiger partial charge in [-0.3, -0.25) is 4.79 Å².